The van der Waals surface area contributed by atoms with Crippen molar-refractivity contribution < 1.29 is 12.8 Å². The zero-order valence-electron chi connectivity index (χ0n) is 19.0. The van der Waals surface area contributed by atoms with E-state index in [0.717, 1.165) is 28.7 Å². The van der Waals surface area contributed by atoms with Gasteiger partial charge in [-0.2, -0.15) is 9.61 Å². The number of nitrogens with two attached hydrogens (primary N) is 1. The van der Waals surface area contributed by atoms with Crippen molar-refractivity contribution in [2.75, 3.05) is 17.2 Å². The summed E-state index contributed by atoms with van der Waals surface area (Å²) >= 11 is 0. The number of hydrogen-bond acceptors (Lipinski definition) is 7. The summed E-state index contributed by atoms with van der Waals surface area (Å²) in [6.45, 7) is 3.84. The Balaban J connectivity index is 1.57. The Morgan fingerprint density at radius 1 is 1.29 bits per heavy atom. The van der Waals surface area contributed by atoms with Crippen LogP contribution in [0.25, 0.3) is 27.7 Å². The number of hydrogen-bond donors (Lipinski definition) is 2. The second-order valence-corrected chi connectivity index (χ2v) is 11.0. The molecular weight excluding hydrogens is 454 g/mol. The number of nitrogen functional groups attached to an aromatic ring is 1. The summed E-state index contributed by atoms with van der Waals surface area (Å²) in [6.07, 6.45) is 4.83. The van der Waals surface area contributed by atoms with E-state index < -0.39 is 9.84 Å². The van der Waals surface area contributed by atoms with Gasteiger partial charge in [0.2, 0.25) is 0 Å². The van der Waals surface area contributed by atoms with Crippen LogP contribution in [-0.4, -0.2) is 52.8 Å². The molecule has 2 atom stereocenters. The Morgan fingerprint density at radius 3 is 2.88 bits per heavy atom. The Labute approximate surface area is 197 Å². The van der Waals surface area contributed by atoms with Crippen LogP contribution in [0.1, 0.15) is 31.5 Å². The lowest BCUT2D eigenvalue weighted by Crippen LogP contribution is -2.43. The Bertz CT molecular complexity index is 1510. The highest BCUT2D eigenvalue weighted by Crippen LogP contribution is 2.28. The number of anilines is 1. The minimum absolute atomic E-state index is 0.123. The van der Waals surface area contributed by atoms with Gasteiger partial charge in [0.1, 0.15) is 11.6 Å². The first-order valence-corrected chi connectivity index (χ1v) is 13.1. The summed E-state index contributed by atoms with van der Waals surface area (Å²) in [5, 5.41) is 8.56. The van der Waals surface area contributed by atoms with Crippen LogP contribution in [-0.2, 0) is 9.84 Å². The summed E-state index contributed by atoms with van der Waals surface area (Å²) in [4.78, 5) is 9.37. The molecular formula is C23H25BFN6O2S. The minimum atomic E-state index is -3.04. The molecule has 0 spiro atoms. The van der Waals surface area contributed by atoms with Crippen LogP contribution in [0.15, 0.2) is 36.7 Å². The van der Waals surface area contributed by atoms with Gasteiger partial charge in [-0.25, -0.2) is 17.8 Å². The normalized spacial score (nSPS) is 18.9. The molecule has 175 valence electrons. The molecule has 34 heavy (non-hydrogen) atoms. The number of fused-ring (bicyclic) bond motifs is 2. The lowest BCUT2D eigenvalue weighted by atomic mass is 9.71. The van der Waals surface area contributed by atoms with E-state index >= 15 is 0 Å². The number of rotatable bonds is 5. The van der Waals surface area contributed by atoms with Gasteiger partial charge in [-0.3, -0.25) is 4.98 Å². The average molecular weight is 479 g/mol. The van der Waals surface area contributed by atoms with Gasteiger partial charge in [-0.1, -0.05) is 6.82 Å². The summed E-state index contributed by atoms with van der Waals surface area (Å²) in [7, 11) is -1.15. The average Bonchev–Trinajstić information content (AvgIpc) is 3.22. The SMILES string of the molecule is C[B]c1c(C(C)NC2CCCS(=O)(=O)C2)nc2c(-c3cnc4ccc(F)cc4c3)cnn2c1N. The molecule has 4 aromatic rings. The third-order valence-corrected chi connectivity index (χ3v) is 8.17. The van der Waals surface area contributed by atoms with Gasteiger partial charge in [-0.15, -0.1) is 0 Å². The number of halogens is 1. The number of nitrogens with one attached hydrogen (secondary N) is 1. The van der Waals surface area contributed by atoms with Gasteiger partial charge < -0.3 is 11.1 Å². The molecule has 11 heteroatoms. The van der Waals surface area contributed by atoms with Crippen LogP contribution in [0.5, 0.6) is 0 Å². The quantitative estimate of drug-likeness (QED) is 0.422. The second kappa shape index (κ2) is 8.63. The number of pyridine rings is 1. The van der Waals surface area contributed by atoms with Crippen molar-refractivity contribution in [2.45, 2.75) is 38.7 Å². The number of nitrogens with zero attached hydrogens (tertiary/aromatic N) is 4. The summed E-state index contributed by atoms with van der Waals surface area (Å²) in [6, 6.07) is 5.95. The molecule has 0 aliphatic carbocycles. The van der Waals surface area contributed by atoms with Crippen LogP contribution >= 0.6 is 0 Å². The predicted octanol–water partition coefficient (Wildman–Crippen LogP) is 2.27. The highest BCUT2D eigenvalue weighted by atomic mass is 32.2. The van der Waals surface area contributed by atoms with Gasteiger partial charge in [-0.05, 0) is 49.5 Å². The van der Waals surface area contributed by atoms with E-state index in [1.54, 1.807) is 23.0 Å². The van der Waals surface area contributed by atoms with E-state index in [-0.39, 0.29) is 29.4 Å². The van der Waals surface area contributed by atoms with Crippen molar-refractivity contribution in [1.29, 1.82) is 0 Å². The molecule has 8 nitrogen and oxygen atoms in total. The van der Waals surface area contributed by atoms with Crippen molar-refractivity contribution >= 4 is 44.9 Å². The monoisotopic (exact) mass is 479 g/mol. The minimum Gasteiger partial charge on any atom is -0.384 e. The second-order valence-electron chi connectivity index (χ2n) is 8.78. The van der Waals surface area contributed by atoms with Gasteiger partial charge >= 0.3 is 0 Å². The number of aromatic nitrogens is 4. The zero-order valence-corrected chi connectivity index (χ0v) is 19.8. The van der Waals surface area contributed by atoms with Gasteiger partial charge in [0.05, 0.1) is 28.9 Å². The molecule has 0 bridgehead atoms. The topological polar surface area (TPSA) is 115 Å². The third kappa shape index (κ3) is 4.14. The lowest BCUT2D eigenvalue weighted by Gasteiger charge is -2.27. The fourth-order valence-electron chi connectivity index (χ4n) is 4.71. The maximum atomic E-state index is 13.8. The summed E-state index contributed by atoms with van der Waals surface area (Å²) in [5.41, 5.74) is 10.7. The van der Waals surface area contributed by atoms with E-state index in [2.05, 4.69) is 15.4 Å². The Hall–Kier alpha value is -3.05. The molecule has 5 rings (SSSR count). The first-order chi connectivity index (χ1) is 16.3. The fraction of sp³-hybridized carbons (Fsp3) is 0.348. The smallest absolute Gasteiger partial charge is 0.165 e. The molecule has 1 aromatic carbocycles. The molecule has 1 aliphatic rings. The molecule has 3 aromatic heterocycles. The molecule has 2 unspecified atom stereocenters. The van der Waals surface area contributed by atoms with Crippen molar-refractivity contribution in [3.8, 4) is 11.1 Å². The van der Waals surface area contributed by atoms with Crippen LogP contribution in [0, 0.1) is 5.82 Å². The molecule has 4 heterocycles. The van der Waals surface area contributed by atoms with E-state index in [0.29, 0.717) is 28.8 Å². The van der Waals surface area contributed by atoms with E-state index in [1.807, 2.05) is 27.1 Å². The first-order valence-electron chi connectivity index (χ1n) is 11.2. The summed E-state index contributed by atoms with van der Waals surface area (Å²) in [5.74, 6) is 0.479. The molecule has 1 fully saturated rings. The van der Waals surface area contributed by atoms with Crippen molar-refractivity contribution in [3.05, 3.63) is 48.2 Å². The highest BCUT2D eigenvalue weighted by molar-refractivity contribution is 7.91. The lowest BCUT2D eigenvalue weighted by molar-refractivity contribution is 0.434. The largest absolute Gasteiger partial charge is 0.384 e. The molecule has 3 N–H and O–H groups in total. The van der Waals surface area contributed by atoms with E-state index in [9.17, 15) is 12.8 Å². The maximum absolute atomic E-state index is 13.8. The zero-order chi connectivity index (χ0) is 24.0. The van der Waals surface area contributed by atoms with Gasteiger partial charge in [0.25, 0.3) is 0 Å². The molecule has 1 radical (unpaired) electrons. The van der Waals surface area contributed by atoms with E-state index in [4.69, 9.17) is 10.7 Å². The van der Waals surface area contributed by atoms with Crippen LogP contribution in [0.3, 0.4) is 0 Å². The van der Waals surface area contributed by atoms with E-state index in [1.165, 1.54) is 12.1 Å². The third-order valence-electron chi connectivity index (χ3n) is 6.35. The molecule has 1 saturated heterocycles. The summed E-state index contributed by atoms with van der Waals surface area (Å²) < 4.78 is 39.5. The molecule has 0 amide bonds. The van der Waals surface area contributed by atoms with Crippen LogP contribution in [0.4, 0.5) is 10.2 Å². The Morgan fingerprint density at radius 2 is 2.12 bits per heavy atom. The molecule has 0 saturated carbocycles. The van der Waals surface area contributed by atoms with Crippen LogP contribution < -0.4 is 16.5 Å². The highest BCUT2D eigenvalue weighted by Gasteiger charge is 2.28. The van der Waals surface area contributed by atoms with Gasteiger partial charge in [0, 0.05) is 34.8 Å². The van der Waals surface area contributed by atoms with Crippen LogP contribution in [0.2, 0.25) is 6.82 Å². The van der Waals surface area contributed by atoms with Gasteiger partial charge in [0.15, 0.2) is 22.8 Å². The number of sulfone groups is 1. The van der Waals surface area contributed by atoms with Crippen molar-refractivity contribution in [3.63, 3.8) is 0 Å². The number of benzene rings is 1. The predicted molar refractivity (Wildman–Crippen MR) is 133 cm³/mol. The maximum Gasteiger partial charge on any atom is 0.165 e. The van der Waals surface area contributed by atoms with Crippen molar-refractivity contribution in [2.24, 2.45) is 0 Å². The fourth-order valence-corrected chi connectivity index (χ4v) is 6.36. The Kier molecular flexibility index (Phi) is 5.77. The standard InChI is InChI=1S/C23H25BFN6O2S/c1-13(29-17-4-3-7-34(32,33)12-17)21-20(24-2)22(26)31-23(30-21)18(11-28-31)15-8-14-9-16(25)5-6-19(14)27-10-15/h5-6,8-11,13,17,29H,3-4,7,12,26H2,1-2H3. The molecule has 1 aliphatic heterocycles. The first kappa shape index (κ1) is 22.7. The van der Waals surface area contributed by atoms with Crippen molar-refractivity contribution in [1.82, 2.24) is 24.9 Å².